The Balaban J connectivity index is 1.80. The van der Waals surface area contributed by atoms with Crippen LogP contribution in [0.2, 0.25) is 5.02 Å². The quantitative estimate of drug-likeness (QED) is 0.675. The van der Waals surface area contributed by atoms with Crippen LogP contribution < -0.4 is 14.8 Å². The van der Waals surface area contributed by atoms with Crippen LogP contribution in [-0.2, 0) is 4.79 Å². The molecule has 2 aromatic rings. The number of hydrogen-bond donors (Lipinski definition) is 1. The first-order valence-corrected chi connectivity index (χ1v) is 10.2. The van der Waals surface area contributed by atoms with Crippen LogP contribution in [0.3, 0.4) is 0 Å². The van der Waals surface area contributed by atoms with Gasteiger partial charge < -0.3 is 14.8 Å². The molecule has 0 fully saturated rings. The van der Waals surface area contributed by atoms with Crippen molar-refractivity contribution in [2.45, 2.75) is 64.2 Å². The molecule has 1 atom stereocenters. The van der Waals surface area contributed by atoms with Gasteiger partial charge >= 0.3 is 0 Å². The van der Waals surface area contributed by atoms with Crippen molar-refractivity contribution in [3.8, 4) is 11.5 Å². The molecular formula is C23H28ClNO3. The first kappa shape index (κ1) is 20.5. The average Bonchev–Trinajstić information content (AvgIpc) is 2.69. The van der Waals surface area contributed by atoms with Gasteiger partial charge in [-0.2, -0.15) is 0 Å². The third kappa shape index (κ3) is 4.27. The number of para-hydroxylation sites is 1. The summed E-state index contributed by atoms with van der Waals surface area (Å²) in [5, 5.41) is 3.83. The van der Waals surface area contributed by atoms with Crippen LogP contribution in [0.5, 0.6) is 11.5 Å². The molecule has 0 unspecified atom stereocenters. The topological polar surface area (TPSA) is 47.6 Å². The summed E-state index contributed by atoms with van der Waals surface area (Å²) < 4.78 is 12.3. The molecule has 0 saturated heterocycles. The van der Waals surface area contributed by atoms with Gasteiger partial charge in [0.05, 0.1) is 6.04 Å². The summed E-state index contributed by atoms with van der Waals surface area (Å²) in [6.45, 7) is 7.80. The van der Waals surface area contributed by atoms with Gasteiger partial charge in [-0.25, -0.2) is 0 Å². The Labute approximate surface area is 172 Å². The lowest BCUT2D eigenvalue weighted by molar-refractivity contribution is -0.135. The van der Waals surface area contributed by atoms with Gasteiger partial charge in [-0.05, 0) is 57.0 Å². The highest BCUT2D eigenvalue weighted by Gasteiger charge is 2.41. The number of fused-ring (bicyclic) bond motifs is 1. The fraction of sp³-hybridized carbons (Fsp3) is 0.435. The number of carbonyl (C=O) groups excluding carboxylic acids is 1. The maximum atomic E-state index is 13.1. The van der Waals surface area contributed by atoms with E-state index in [2.05, 4.69) is 19.2 Å². The van der Waals surface area contributed by atoms with Gasteiger partial charge in [0.1, 0.15) is 17.1 Å². The van der Waals surface area contributed by atoms with Gasteiger partial charge in [0, 0.05) is 17.0 Å². The highest BCUT2D eigenvalue weighted by molar-refractivity contribution is 6.30. The van der Waals surface area contributed by atoms with Crippen molar-refractivity contribution in [3.05, 3.63) is 59.1 Å². The standard InChI is InChI=1S/C23H28ClNO3/c1-5-23(6-2)15-19(18-9-7-8-10-20(18)28-23)25-21(26)22(3,4)27-17-13-11-16(24)12-14-17/h7-14,19H,5-6,15H2,1-4H3,(H,25,26)/t19-/m0/s1. The Bertz CT molecular complexity index is 828. The molecule has 0 saturated carbocycles. The predicted molar refractivity (Wildman–Crippen MR) is 112 cm³/mol. The van der Waals surface area contributed by atoms with Crippen molar-refractivity contribution in [2.75, 3.05) is 0 Å². The molecule has 1 N–H and O–H groups in total. The van der Waals surface area contributed by atoms with Gasteiger partial charge in [0.15, 0.2) is 5.60 Å². The Hall–Kier alpha value is -2.20. The molecule has 1 aliphatic rings. The van der Waals surface area contributed by atoms with E-state index in [1.165, 1.54) is 0 Å². The average molecular weight is 402 g/mol. The molecule has 0 bridgehead atoms. The van der Waals surface area contributed by atoms with Crippen molar-refractivity contribution in [1.29, 1.82) is 0 Å². The lowest BCUT2D eigenvalue weighted by atomic mass is 9.83. The number of halogens is 1. The number of ether oxygens (including phenoxy) is 2. The molecular weight excluding hydrogens is 374 g/mol. The smallest absolute Gasteiger partial charge is 0.264 e. The zero-order valence-electron chi connectivity index (χ0n) is 16.9. The molecule has 0 aromatic heterocycles. The zero-order valence-corrected chi connectivity index (χ0v) is 17.7. The Morgan fingerprint density at radius 2 is 1.82 bits per heavy atom. The van der Waals surface area contributed by atoms with E-state index in [-0.39, 0.29) is 17.6 Å². The fourth-order valence-electron chi connectivity index (χ4n) is 3.61. The molecule has 150 valence electrons. The van der Waals surface area contributed by atoms with Crippen LogP contribution in [0.1, 0.15) is 58.6 Å². The second-order valence-corrected chi connectivity index (χ2v) is 8.26. The van der Waals surface area contributed by atoms with E-state index in [0.29, 0.717) is 10.8 Å². The molecule has 0 radical (unpaired) electrons. The summed E-state index contributed by atoms with van der Waals surface area (Å²) in [6.07, 6.45) is 2.50. The number of amides is 1. The minimum absolute atomic E-state index is 0.120. The summed E-state index contributed by atoms with van der Waals surface area (Å²) >= 11 is 5.93. The van der Waals surface area contributed by atoms with Gasteiger partial charge in [-0.1, -0.05) is 43.6 Å². The number of rotatable bonds is 6. The van der Waals surface area contributed by atoms with E-state index in [1.807, 2.05) is 24.3 Å². The maximum Gasteiger partial charge on any atom is 0.264 e. The number of carbonyl (C=O) groups is 1. The Kier molecular flexibility index (Phi) is 5.90. The highest BCUT2D eigenvalue weighted by Crippen LogP contribution is 2.42. The third-order valence-electron chi connectivity index (χ3n) is 5.52. The van der Waals surface area contributed by atoms with Crippen LogP contribution in [-0.4, -0.2) is 17.1 Å². The van der Waals surface area contributed by atoms with Crippen molar-refractivity contribution in [3.63, 3.8) is 0 Å². The monoisotopic (exact) mass is 401 g/mol. The number of hydrogen-bond acceptors (Lipinski definition) is 3. The fourth-order valence-corrected chi connectivity index (χ4v) is 3.73. The number of benzene rings is 2. The third-order valence-corrected chi connectivity index (χ3v) is 5.78. The first-order chi connectivity index (χ1) is 13.3. The largest absolute Gasteiger partial charge is 0.487 e. The minimum atomic E-state index is -1.03. The van der Waals surface area contributed by atoms with Crippen LogP contribution in [0.15, 0.2) is 48.5 Å². The molecule has 3 rings (SSSR count). The van der Waals surface area contributed by atoms with Gasteiger partial charge in [0.25, 0.3) is 5.91 Å². The second kappa shape index (κ2) is 8.04. The summed E-state index contributed by atoms with van der Waals surface area (Å²) in [7, 11) is 0. The lowest BCUT2D eigenvalue weighted by Crippen LogP contribution is -2.51. The zero-order chi connectivity index (χ0) is 20.4. The van der Waals surface area contributed by atoms with Gasteiger partial charge in [-0.3, -0.25) is 4.79 Å². The van der Waals surface area contributed by atoms with Crippen molar-refractivity contribution in [2.24, 2.45) is 0 Å². The molecule has 28 heavy (non-hydrogen) atoms. The molecule has 0 aliphatic carbocycles. The van der Waals surface area contributed by atoms with E-state index in [0.717, 1.165) is 30.6 Å². The summed E-state index contributed by atoms with van der Waals surface area (Å²) in [5.41, 5.74) is -0.286. The van der Waals surface area contributed by atoms with Crippen LogP contribution in [0.25, 0.3) is 0 Å². The molecule has 2 aromatic carbocycles. The Morgan fingerprint density at radius 3 is 2.46 bits per heavy atom. The summed E-state index contributed by atoms with van der Waals surface area (Å²) in [5.74, 6) is 1.29. The van der Waals surface area contributed by atoms with E-state index >= 15 is 0 Å². The first-order valence-electron chi connectivity index (χ1n) is 9.82. The molecule has 1 aliphatic heterocycles. The molecule has 4 nitrogen and oxygen atoms in total. The van der Waals surface area contributed by atoms with Crippen LogP contribution in [0.4, 0.5) is 0 Å². The molecule has 5 heteroatoms. The maximum absolute atomic E-state index is 13.1. The van der Waals surface area contributed by atoms with E-state index in [1.54, 1.807) is 38.1 Å². The minimum Gasteiger partial charge on any atom is -0.487 e. The predicted octanol–water partition coefficient (Wildman–Crippen LogP) is 5.70. The SMILES string of the molecule is CCC1(CC)C[C@H](NC(=O)C(C)(C)Oc2ccc(Cl)cc2)c2ccccc2O1. The normalized spacial score (nSPS) is 18.0. The Morgan fingerprint density at radius 1 is 1.18 bits per heavy atom. The lowest BCUT2D eigenvalue weighted by Gasteiger charge is -2.42. The summed E-state index contributed by atoms with van der Waals surface area (Å²) in [6, 6.07) is 14.8. The molecule has 1 amide bonds. The van der Waals surface area contributed by atoms with Crippen molar-refractivity contribution < 1.29 is 14.3 Å². The van der Waals surface area contributed by atoms with E-state index in [4.69, 9.17) is 21.1 Å². The van der Waals surface area contributed by atoms with E-state index in [9.17, 15) is 4.79 Å². The number of nitrogens with one attached hydrogen (secondary N) is 1. The van der Waals surface area contributed by atoms with Crippen molar-refractivity contribution >= 4 is 17.5 Å². The summed E-state index contributed by atoms with van der Waals surface area (Å²) in [4.78, 5) is 13.1. The van der Waals surface area contributed by atoms with E-state index < -0.39 is 5.60 Å². The second-order valence-electron chi connectivity index (χ2n) is 7.83. The van der Waals surface area contributed by atoms with Crippen LogP contribution in [0, 0.1) is 0 Å². The van der Waals surface area contributed by atoms with Crippen molar-refractivity contribution in [1.82, 2.24) is 5.32 Å². The molecule has 1 heterocycles. The van der Waals surface area contributed by atoms with Gasteiger partial charge in [-0.15, -0.1) is 0 Å². The highest BCUT2D eigenvalue weighted by atomic mass is 35.5. The van der Waals surface area contributed by atoms with Crippen LogP contribution >= 0.6 is 11.6 Å². The van der Waals surface area contributed by atoms with Gasteiger partial charge in [0.2, 0.25) is 0 Å². The molecule has 0 spiro atoms.